The highest BCUT2D eigenvalue weighted by molar-refractivity contribution is 7.89. The Kier molecular flexibility index (Phi) is 4.40. The molecule has 0 saturated heterocycles. The predicted molar refractivity (Wildman–Crippen MR) is 113 cm³/mol. The first-order chi connectivity index (χ1) is 13.5. The summed E-state index contributed by atoms with van der Waals surface area (Å²) in [6.07, 6.45) is 4.97. The number of hydrogen-bond acceptors (Lipinski definition) is 3. The van der Waals surface area contributed by atoms with Crippen molar-refractivity contribution in [2.75, 3.05) is 0 Å². The van der Waals surface area contributed by atoms with Gasteiger partial charge in [0.25, 0.3) is 0 Å². The lowest BCUT2D eigenvalue weighted by atomic mass is 9.38. The molecule has 4 aliphatic carbocycles. The lowest BCUT2D eigenvalue weighted by Gasteiger charge is -2.67. The van der Waals surface area contributed by atoms with Crippen molar-refractivity contribution < 1.29 is 13.2 Å². The van der Waals surface area contributed by atoms with Crippen molar-refractivity contribution in [3.63, 3.8) is 0 Å². The fourth-order valence-electron chi connectivity index (χ4n) is 6.80. The summed E-state index contributed by atoms with van der Waals surface area (Å²) in [5.74, 6) is 2.46. The average molecular weight is 478 g/mol. The molecule has 1 aromatic rings. The molecular formula is C20H23Cl3N2O3S. The minimum atomic E-state index is -4.13. The first-order valence-electron chi connectivity index (χ1n) is 9.95. The Morgan fingerprint density at radius 3 is 2.31 bits per heavy atom. The molecule has 0 aromatic heterocycles. The largest absolute Gasteiger partial charge is 0.351 e. The van der Waals surface area contributed by atoms with E-state index in [1.807, 2.05) is 0 Å². The summed E-state index contributed by atoms with van der Waals surface area (Å²) in [4.78, 5) is 12.8. The second-order valence-electron chi connectivity index (χ2n) is 9.71. The van der Waals surface area contributed by atoms with Gasteiger partial charge in [-0.3, -0.25) is 4.79 Å². The molecule has 4 saturated carbocycles. The van der Waals surface area contributed by atoms with Crippen LogP contribution in [0.3, 0.4) is 0 Å². The van der Waals surface area contributed by atoms with Gasteiger partial charge in [-0.2, -0.15) is 4.72 Å². The number of rotatable bonds is 5. The van der Waals surface area contributed by atoms with E-state index in [1.165, 1.54) is 37.8 Å². The van der Waals surface area contributed by atoms with Crippen LogP contribution in [0.25, 0.3) is 0 Å². The molecule has 0 radical (unpaired) electrons. The Bertz CT molecular complexity index is 1000. The molecule has 0 aliphatic heterocycles. The number of benzene rings is 1. The van der Waals surface area contributed by atoms with E-state index in [9.17, 15) is 13.2 Å². The van der Waals surface area contributed by atoms with Crippen molar-refractivity contribution in [1.29, 1.82) is 0 Å². The number of carbonyl (C=O) groups excluding carboxylic acids is 1. The standard InChI is InChI=1S/C20H23Cl3N2O3S/c1-19(2,25-29(27,28)17-14(22)6-12(21)7-15(17)23)18(26)24-16-9-3-10-4-11-5-13(16)20(10,11)8-9/h6-7,9-11,13,16,25H,3-5,8H2,1-2H3,(H,24,26). The van der Waals surface area contributed by atoms with Crippen molar-refractivity contribution in [2.45, 2.75) is 56.0 Å². The molecule has 4 fully saturated rings. The van der Waals surface area contributed by atoms with Crippen LogP contribution in [0.2, 0.25) is 15.1 Å². The smallest absolute Gasteiger partial charge is 0.244 e. The number of fused-ring (bicyclic) bond motifs is 1. The molecule has 5 nitrogen and oxygen atoms in total. The van der Waals surface area contributed by atoms with Crippen molar-refractivity contribution in [3.8, 4) is 0 Å². The maximum absolute atomic E-state index is 13.1. The first kappa shape index (κ1) is 20.4. The number of sulfonamides is 1. The van der Waals surface area contributed by atoms with E-state index in [0.717, 1.165) is 11.8 Å². The van der Waals surface area contributed by atoms with E-state index in [0.29, 0.717) is 17.3 Å². The Labute approximate surface area is 185 Å². The van der Waals surface area contributed by atoms with E-state index in [4.69, 9.17) is 34.8 Å². The van der Waals surface area contributed by atoms with Crippen LogP contribution >= 0.6 is 34.8 Å². The summed E-state index contributed by atoms with van der Waals surface area (Å²) < 4.78 is 28.4. The summed E-state index contributed by atoms with van der Waals surface area (Å²) in [5, 5.41) is 3.24. The lowest BCUT2D eigenvalue weighted by Crippen LogP contribution is -2.66. The molecule has 0 heterocycles. The zero-order valence-corrected chi connectivity index (χ0v) is 19.2. The fraction of sp³-hybridized carbons (Fsp3) is 0.650. The minimum absolute atomic E-state index is 0.0880. The average Bonchev–Trinajstić information content (AvgIpc) is 3.03. The van der Waals surface area contributed by atoms with Crippen molar-refractivity contribution >= 4 is 50.7 Å². The fourth-order valence-corrected chi connectivity index (χ4v) is 9.72. The maximum atomic E-state index is 13.1. The van der Waals surface area contributed by atoms with E-state index >= 15 is 0 Å². The summed E-state index contributed by atoms with van der Waals surface area (Å²) >= 11 is 18.0. The third kappa shape index (κ3) is 2.75. The number of halogens is 3. The quantitative estimate of drug-likeness (QED) is 0.665. The van der Waals surface area contributed by atoms with Crippen molar-refractivity contribution in [1.82, 2.24) is 10.0 Å². The number of hydrogen-bond donors (Lipinski definition) is 2. The minimum Gasteiger partial charge on any atom is -0.351 e. The van der Waals surface area contributed by atoms with Crippen LogP contribution in [0, 0.1) is 29.1 Å². The third-order valence-electron chi connectivity index (χ3n) is 7.95. The van der Waals surface area contributed by atoms with E-state index in [-0.39, 0.29) is 31.9 Å². The van der Waals surface area contributed by atoms with Crippen molar-refractivity contribution in [2.24, 2.45) is 29.1 Å². The Morgan fingerprint density at radius 2 is 1.72 bits per heavy atom. The lowest BCUT2D eigenvalue weighted by molar-refractivity contribution is -0.185. The second kappa shape index (κ2) is 6.26. The second-order valence-corrected chi connectivity index (χ2v) is 12.6. The molecule has 1 amide bonds. The topological polar surface area (TPSA) is 75.3 Å². The maximum Gasteiger partial charge on any atom is 0.244 e. The molecule has 2 N–H and O–H groups in total. The summed E-state index contributed by atoms with van der Waals surface area (Å²) in [6, 6.07) is 2.78. The molecule has 5 rings (SSSR count). The Morgan fingerprint density at radius 1 is 1.10 bits per heavy atom. The van der Waals surface area contributed by atoms with Gasteiger partial charge in [-0.25, -0.2) is 8.42 Å². The van der Waals surface area contributed by atoms with Crippen LogP contribution in [0.1, 0.15) is 39.5 Å². The van der Waals surface area contributed by atoms with Crippen LogP contribution < -0.4 is 10.0 Å². The first-order valence-corrected chi connectivity index (χ1v) is 12.6. The predicted octanol–water partition coefficient (Wildman–Crippen LogP) is 4.25. The van der Waals surface area contributed by atoms with Crippen LogP contribution in [-0.2, 0) is 14.8 Å². The van der Waals surface area contributed by atoms with Gasteiger partial charge >= 0.3 is 0 Å². The molecule has 29 heavy (non-hydrogen) atoms. The summed E-state index contributed by atoms with van der Waals surface area (Å²) in [7, 11) is -4.13. The van der Waals surface area contributed by atoms with Gasteiger partial charge in [0.2, 0.25) is 15.9 Å². The van der Waals surface area contributed by atoms with Gasteiger partial charge in [0, 0.05) is 11.1 Å². The van der Waals surface area contributed by atoms with Gasteiger partial charge in [-0.05, 0) is 80.8 Å². The van der Waals surface area contributed by atoms with E-state index < -0.39 is 15.6 Å². The molecule has 1 aromatic carbocycles. The van der Waals surface area contributed by atoms with Crippen LogP contribution in [0.15, 0.2) is 17.0 Å². The molecule has 158 valence electrons. The highest BCUT2D eigenvalue weighted by Gasteiger charge is 2.76. The highest BCUT2D eigenvalue weighted by Crippen LogP contribution is 2.81. The highest BCUT2D eigenvalue weighted by atomic mass is 35.5. The van der Waals surface area contributed by atoms with E-state index in [2.05, 4.69) is 10.0 Å². The molecule has 6 atom stereocenters. The normalized spacial score (nSPS) is 36.9. The molecule has 2 bridgehead atoms. The zero-order chi connectivity index (χ0) is 20.9. The molecule has 9 heteroatoms. The SMILES string of the molecule is CC(C)(NS(=O)(=O)c1c(Cl)cc(Cl)cc1Cl)C(=O)NC1C2CC3CC4CC1C34C2. The molecular weight excluding hydrogens is 455 g/mol. The Balaban J connectivity index is 1.33. The van der Waals surface area contributed by atoms with E-state index in [1.54, 1.807) is 13.8 Å². The van der Waals surface area contributed by atoms with Crippen LogP contribution in [0.4, 0.5) is 0 Å². The molecule has 4 aliphatic rings. The number of amides is 1. The monoisotopic (exact) mass is 476 g/mol. The van der Waals surface area contributed by atoms with Gasteiger partial charge < -0.3 is 5.32 Å². The third-order valence-corrected chi connectivity index (χ3v) is 10.7. The van der Waals surface area contributed by atoms with Gasteiger partial charge in [-0.15, -0.1) is 0 Å². The van der Waals surface area contributed by atoms with Crippen LogP contribution in [-0.4, -0.2) is 25.9 Å². The van der Waals surface area contributed by atoms with Crippen LogP contribution in [0.5, 0.6) is 0 Å². The van der Waals surface area contributed by atoms with Gasteiger partial charge in [-0.1, -0.05) is 34.8 Å². The Hall–Kier alpha value is -0.530. The van der Waals surface area contributed by atoms with Crippen molar-refractivity contribution in [3.05, 3.63) is 27.2 Å². The summed E-state index contributed by atoms with van der Waals surface area (Å²) in [6.45, 7) is 3.11. The molecule has 1 spiro atoms. The summed E-state index contributed by atoms with van der Waals surface area (Å²) in [5.41, 5.74) is -0.872. The molecule has 6 unspecified atom stereocenters. The van der Waals surface area contributed by atoms with Gasteiger partial charge in [0.05, 0.1) is 10.0 Å². The van der Waals surface area contributed by atoms with Gasteiger partial charge in [0.15, 0.2) is 0 Å². The zero-order valence-electron chi connectivity index (χ0n) is 16.1. The van der Waals surface area contributed by atoms with Gasteiger partial charge in [0.1, 0.15) is 10.4 Å². The number of nitrogens with one attached hydrogen (secondary N) is 2. The number of carbonyl (C=O) groups is 1.